The molecule has 1 aliphatic heterocycles. The molecule has 2 atom stereocenters. The molecule has 1 aromatic rings. The Labute approximate surface area is 158 Å². The number of ether oxygens (including phenoxy) is 1. The van der Waals surface area contributed by atoms with E-state index < -0.39 is 5.60 Å². The first-order valence-electron chi connectivity index (χ1n) is 8.67. The van der Waals surface area contributed by atoms with Crippen molar-refractivity contribution >= 4 is 34.9 Å². The van der Waals surface area contributed by atoms with Gasteiger partial charge in [-0.15, -0.1) is 11.3 Å². The highest BCUT2D eigenvalue weighted by Crippen LogP contribution is 2.24. The van der Waals surface area contributed by atoms with Crippen molar-refractivity contribution < 1.29 is 14.3 Å². The summed E-state index contributed by atoms with van der Waals surface area (Å²) in [5.41, 5.74) is -0.503. The molecule has 1 aliphatic rings. The number of carbonyl (C=O) groups is 2. The molecule has 0 bridgehead atoms. The first kappa shape index (κ1) is 20.0. The van der Waals surface area contributed by atoms with Gasteiger partial charge in [0.2, 0.25) is 5.91 Å². The minimum atomic E-state index is -0.503. The minimum Gasteiger partial charge on any atom is -0.444 e. The van der Waals surface area contributed by atoms with Gasteiger partial charge in [-0.2, -0.15) is 0 Å². The molecule has 0 radical (unpaired) electrons. The zero-order valence-corrected chi connectivity index (χ0v) is 16.9. The van der Waals surface area contributed by atoms with Crippen LogP contribution in [0.3, 0.4) is 0 Å². The van der Waals surface area contributed by atoms with Crippen LogP contribution in [-0.2, 0) is 16.0 Å². The highest BCUT2D eigenvalue weighted by molar-refractivity contribution is 7.16. The molecule has 25 heavy (non-hydrogen) atoms. The van der Waals surface area contributed by atoms with Gasteiger partial charge in [0.1, 0.15) is 5.60 Å². The number of aryl methyl sites for hydroxylation is 1. The lowest BCUT2D eigenvalue weighted by atomic mass is 9.98. The van der Waals surface area contributed by atoms with Gasteiger partial charge in [0.25, 0.3) is 0 Å². The van der Waals surface area contributed by atoms with Crippen LogP contribution in [0.1, 0.15) is 51.8 Å². The van der Waals surface area contributed by atoms with Gasteiger partial charge in [-0.25, -0.2) is 4.79 Å². The van der Waals surface area contributed by atoms with Crippen LogP contribution in [0.15, 0.2) is 12.1 Å². The normalized spacial score (nSPS) is 21.1. The van der Waals surface area contributed by atoms with Crippen molar-refractivity contribution in [2.24, 2.45) is 0 Å². The summed E-state index contributed by atoms with van der Waals surface area (Å²) in [6, 6.07) is 3.99. The molecule has 7 heteroatoms. The average molecular weight is 387 g/mol. The van der Waals surface area contributed by atoms with E-state index in [-0.39, 0.29) is 24.1 Å². The summed E-state index contributed by atoms with van der Waals surface area (Å²) in [7, 11) is 0. The summed E-state index contributed by atoms with van der Waals surface area (Å²) in [6.07, 6.45) is 2.32. The number of rotatable bonds is 4. The Morgan fingerprint density at radius 2 is 2.12 bits per heavy atom. The standard InChI is InChI=1S/C18H27ClN2O3S/c1-12-11-13(20-17(23)24-18(2,3)4)9-10-21(12)16(22)8-6-14-5-7-15(19)25-14/h5,7,12-13H,6,8-11H2,1-4H3,(H,20,23)/t12-,13-/m0/s1. The predicted molar refractivity (Wildman–Crippen MR) is 101 cm³/mol. The number of nitrogens with one attached hydrogen (secondary N) is 1. The second kappa shape index (κ2) is 8.41. The monoisotopic (exact) mass is 386 g/mol. The molecule has 0 unspecified atom stereocenters. The number of thiophene rings is 1. The van der Waals surface area contributed by atoms with Crippen LogP contribution in [0.5, 0.6) is 0 Å². The third kappa shape index (κ3) is 6.51. The van der Waals surface area contributed by atoms with Crippen LogP contribution in [0, 0.1) is 0 Å². The number of piperidine rings is 1. The lowest BCUT2D eigenvalue weighted by Gasteiger charge is -2.38. The van der Waals surface area contributed by atoms with Gasteiger partial charge in [0.15, 0.2) is 0 Å². The smallest absolute Gasteiger partial charge is 0.407 e. The molecule has 0 saturated carbocycles. The molecule has 1 aromatic heterocycles. The zero-order chi connectivity index (χ0) is 18.6. The lowest BCUT2D eigenvalue weighted by Crippen LogP contribution is -2.51. The Morgan fingerprint density at radius 3 is 2.68 bits per heavy atom. The van der Waals surface area contributed by atoms with Crippen LogP contribution < -0.4 is 5.32 Å². The van der Waals surface area contributed by atoms with Gasteiger partial charge < -0.3 is 15.0 Å². The van der Waals surface area contributed by atoms with Crippen molar-refractivity contribution in [1.82, 2.24) is 10.2 Å². The summed E-state index contributed by atoms with van der Waals surface area (Å²) < 4.78 is 6.05. The Hall–Kier alpha value is -1.27. The fourth-order valence-electron chi connectivity index (χ4n) is 3.01. The number of hydrogen-bond donors (Lipinski definition) is 1. The van der Waals surface area contributed by atoms with E-state index in [9.17, 15) is 9.59 Å². The maximum Gasteiger partial charge on any atom is 0.407 e. The molecule has 1 saturated heterocycles. The van der Waals surface area contributed by atoms with Crippen molar-refractivity contribution in [3.63, 3.8) is 0 Å². The van der Waals surface area contributed by atoms with Crippen LogP contribution in [0.2, 0.25) is 4.34 Å². The molecule has 2 rings (SSSR count). The van der Waals surface area contributed by atoms with E-state index in [2.05, 4.69) is 5.32 Å². The molecule has 140 valence electrons. The fraction of sp³-hybridized carbons (Fsp3) is 0.667. The summed E-state index contributed by atoms with van der Waals surface area (Å²) in [6.45, 7) is 8.22. The zero-order valence-electron chi connectivity index (χ0n) is 15.3. The van der Waals surface area contributed by atoms with Crippen LogP contribution in [0.25, 0.3) is 0 Å². The minimum absolute atomic E-state index is 0.0463. The molecule has 5 nitrogen and oxygen atoms in total. The average Bonchev–Trinajstić information content (AvgIpc) is 2.88. The third-order valence-electron chi connectivity index (χ3n) is 4.13. The van der Waals surface area contributed by atoms with Crippen molar-refractivity contribution in [1.29, 1.82) is 0 Å². The van der Waals surface area contributed by atoms with E-state index >= 15 is 0 Å². The highest BCUT2D eigenvalue weighted by Gasteiger charge is 2.30. The molecule has 1 N–H and O–H groups in total. The maximum atomic E-state index is 12.5. The number of nitrogens with zero attached hydrogens (tertiary/aromatic N) is 1. The van der Waals surface area contributed by atoms with E-state index in [1.807, 2.05) is 44.7 Å². The first-order chi connectivity index (χ1) is 11.6. The summed E-state index contributed by atoms with van der Waals surface area (Å²) in [5, 5.41) is 2.91. The predicted octanol–water partition coefficient (Wildman–Crippen LogP) is 4.24. The van der Waals surface area contributed by atoms with E-state index in [4.69, 9.17) is 16.3 Å². The molecule has 2 amide bonds. The van der Waals surface area contributed by atoms with Crippen LogP contribution in [-0.4, -0.2) is 41.1 Å². The lowest BCUT2D eigenvalue weighted by molar-refractivity contribution is -0.134. The van der Waals surface area contributed by atoms with Gasteiger partial charge in [-0.3, -0.25) is 4.79 Å². The Bertz CT molecular complexity index is 612. The van der Waals surface area contributed by atoms with Gasteiger partial charge in [0.05, 0.1) is 4.34 Å². The summed E-state index contributed by atoms with van der Waals surface area (Å²) in [4.78, 5) is 27.4. The Morgan fingerprint density at radius 1 is 1.40 bits per heavy atom. The Balaban J connectivity index is 1.78. The first-order valence-corrected chi connectivity index (χ1v) is 9.86. The van der Waals surface area contributed by atoms with Gasteiger partial charge >= 0.3 is 6.09 Å². The van der Waals surface area contributed by atoms with Crippen LogP contribution >= 0.6 is 22.9 Å². The largest absolute Gasteiger partial charge is 0.444 e. The number of amides is 2. The van der Waals surface area contributed by atoms with E-state index in [1.54, 1.807) is 0 Å². The summed E-state index contributed by atoms with van der Waals surface area (Å²) in [5.74, 6) is 0.160. The molecule has 2 heterocycles. The van der Waals surface area contributed by atoms with Crippen LogP contribution in [0.4, 0.5) is 4.79 Å². The maximum absolute atomic E-state index is 12.5. The molecular formula is C18H27ClN2O3S. The SMILES string of the molecule is C[C@H]1C[C@@H](NC(=O)OC(C)(C)C)CCN1C(=O)CCc1ccc(Cl)s1. The van der Waals surface area contributed by atoms with Crippen molar-refractivity contribution in [2.75, 3.05) is 6.54 Å². The number of alkyl carbamates (subject to hydrolysis) is 1. The third-order valence-corrected chi connectivity index (χ3v) is 5.42. The van der Waals surface area contributed by atoms with E-state index in [1.165, 1.54) is 11.3 Å². The number of carbonyl (C=O) groups excluding carboxylic acids is 2. The van der Waals surface area contributed by atoms with E-state index in [0.29, 0.717) is 13.0 Å². The van der Waals surface area contributed by atoms with Crippen molar-refractivity contribution in [3.8, 4) is 0 Å². The number of likely N-dealkylation sites (tertiary alicyclic amines) is 1. The quantitative estimate of drug-likeness (QED) is 0.841. The van der Waals surface area contributed by atoms with Crippen molar-refractivity contribution in [2.45, 2.75) is 71.1 Å². The van der Waals surface area contributed by atoms with Gasteiger partial charge in [-0.1, -0.05) is 11.6 Å². The van der Waals surface area contributed by atoms with Gasteiger partial charge in [-0.05, 0) is 59.1 Å². The van der Waals surface area contributed by atoms with Crippen molar-refractivity contribution in [3.05, 3.63) is 21.3 Å². The topological polar surface area (TPSA) is 58.6 Å². The fourth-order valence-corrected chi connectivity index (χ4v) is 4.09. The van der Waals surface area contributed by atoms with E-state index in [0.717, 1.165) is 28.5 Å². The second-order valence-corrected chi connectivity index (χ2v) is 9.31. The molecule has 0 aliphatic carbocycles. The summed E-state index contributed by atoms with van der Waals surface area (Å²) >= 11 is 7.45. The Kier molecular flexibility index (Phi) is 6.74. The molecule has 1 fully saturated rings. The molecule has 0 aromatic carbocycles. The highest BCUT2D eigenvalue weighted by atomic mass is 35.5. The number of hydrogen-bond acceptors (Lipinski definition) is 4. The molecule has 0 spiro atoms. The number of halogens is 1. The molecular weight excluding hydrogens is 360 g/mol. The van der Waals surface area contributed by atoms with Gasteiger partial charge in [0, 0.05) is 29.9 Å². The second-order valence-electron chi connectivity index (χ2n) is 7.51.